The van der Waals surface area contributed by atoms with E-state index in [0.29, 0.717) is 50.1 Å². The Morgan fingerprint density at radius 1 is 0.861 bits per heavy atom. The smallest absolute Gasteiger partial charge is 0.232 e. The molecule has 0 aliphatic carbocycles. The molecule has 2 aliphatic rings. The van der Waals surface area contributed by atoms with Gasteiger partial charge in [0, 0.05) is 38.5 Å². The van der Waals surface area contributed by atoms with Crippen molar-refractivity contribution in [2.45, 2.75) is 37.8 Å². The average Bonchev–Trinajstić information content (AvgIpc) is 3.52. The van der Waals surface area contributed by atoms with Crippen LogP contribution in [0.15, 0.2) is 36.8 Å². The number of fused-ring (bicyclic) bond motifs is 1. The molecule has 2 saturated heterocycles. The van der Waals surface area contributed by atoms with Crippen LogP contribution < -0.4 is 5.32 Å². The van der Waals surface area contributed by atoms with Crippen molar-refractivity contribution in [1.82, 2.24) is 34.3 Å². The molecule has 0 atom stereocenters. The van der Waals surface area contributed by atoms with E-state index in [1.54, 1.807) is 28.9 Å². The van der Waals surface area contributed by atoms with Crippen molar-refractivity contribution in [2.75, 3.05) is 31.6 Å². The molecule has 2 fully saturated rings. The molecule has 5 heterocycles. The number of nitrogens with zero attached hydrogens (tertiary/aromatic N) is 7. The van der Waals surface area contributed by atoms with Gasteiger partial charge in [-0.2, -0.15) is 19.7 Å². The van der Waals surface area contributed by atoms with Crippen LogP contribution in [0.1, 0.15) is 31.7 Å². The Kier molecular flexibility index (Phi) is 6.74. The highest BCUT2D eigenvalue weighted by atomic mass is 35.5. The molecule has 9 nitrogen and oxygen atoms in total. The zero-order chi connectivity index (χ0) is 24.6. The Bertz CT molecular complexity index is 1350. The molecule has 6 rings (SSSR count). The highest BCUT2D eigenvalue weighted by Gasteiger charge is 2.27. The molecule has 0 saturated carbocycles. The molecular formula is C24H25Cl3N8O. The van der Waals surface area contributed by atoms with Crippen molar-refractivity contribution in [3.05, 3.63) is 51.9 Å². The molecule has 0 bridgehead atoms. The van der Waals surface area contributed by atoms with Crippen molar-refractivity contribution in [3.8, 4) is 11.4 Å². The number of rotatable bonds is 5. The molecule has 188 valence electrons. The van der Waals surface area contributed by atoms with E-state index in [9.17, 15) is 0 Å². The maximum absolute atomic E-state index is 6.43. The Morgan fingerprint density at radius 2 is 1.61 bits per heavy atom. The van der Waals surface area contributed by atoms with Gasteiger partial charge in [0.05, 0.1) is 39.7 Å². The number of halogens is 3. The van der Waals surface area contributed by atoms with Gasteiger partial charge in [0.15, 0.2) is 11.5 Å². The third-order valence-electron chi connectivity index (χ3n) is 6.95. The minimum absolute atomic E-state index is 0.357. The molecule has 12 heteroatoms. The molecule has 36 heavy (non-hydrogen) atoms. The molecule has 0 spiro atoms. The van der Waals surface area contributed by atoms with E-state index >= 15 is 0 Å². The molecule has 4 aromatic rings. The summed E-state index contributed by atoms with van der Waals surface area (Å²) < 4.78 is 9.12. The Morgan fingerprint density at radius 3 is 2.36 bits per heavy atom. The standard InChI is InChI=1S/C24H25Cl3N8O/c25-18-2-1-3-19(26)21(18)22-31-23-20(27)13-29-35(23)24(32-22)30-15-12-28-34(14-15)17-4-8-33(9-5-17)16-6-10-36-11-7-16/h1-3,12-14,16-17H,4-11H2,(H,30,31,32). The van der Waals surface area contributed by atoms with Crippen LogP contribution in [0.2, 0.25) is 15.1 Å². The largest absolute Gasteiger partial charge is 0.381 e. The number of anilines is 2. The number of benzene rings is 1. The molecule has 3 aromatic heterocycles. The zero-order valence-electron chi connectivity index (χ0n) is 19.4. The van der Waals surface area contributed by atoms with Gasteiger partial charge in [-0.25, -0.2) is 4.98 Å². The van der Waals surface area contributed by atoms with Gasteiger partial charge in [-0.15, -0.1) is 0 Å². The van der Waals surface area contributed by atoms with Crippen LogP contribution in [-0.2, 0) is 4.74 Å². The van der Waals surface area contributed by atoms with Crippen LogP contribution >= 0.6 is 34.8 Å². The van der Waals surface area contributed by atoms with Crippen molar-refractivity contribution < 1.29 is 4.74 Å². The van der Waals surface area contributed by atoms with Gasteiger partial charge < -0.3 is 15.0 Å². The third-order valence-corrected chi connectivity index (χ3v) is 7.85. The zero-order valence-corrected chi connectivity index (χ0v) is 21.7. The van der Waals surface area contributed by atoms with Crippen molar-refractivity contribution in [3.63, 3.8) is 0 Å². The molecular weight excluding hydrogens is 523 g/mol. The van der Waals surface area contributed by atoms with Crippen LogP contribution in [0, 0.1) is 0 Å². The third kappa shape index (κ3) is 4.66. The lowest BCUT2D eigenvalue weighted by Gasteiger charge is -2.39. The number of piperidine rings is 1. The molecule has 1 aromatic carbocycles. The van der Waals surface area contributed by atoms with Crippen LogP contribution in [0.5, 0.6) is 0 Å². The van der Waals surface area contributed by atoms with E-state index in [2.05, 4.69) is 30.4 Å². The van der Waals surface area contributed by atoms with Crippen molar-refractivity contribution >= 4 is 52.1 Å². The van der Waals surface area contributed by atoms with E-state index in [4.69, 9.17) is 39.5 Å². The fourth-order valence-electron chi connectivity index (χ4n) is 5.05. The van der Waals surface area contributed by atoms with E-state index in [0.717, 1.165) is 57.7 Å². The van der Waals surface area contributed by atoms with Crippen LogP contribution in [-0.4, -0.2) is 66.6 Å². The van der Waals surface area contributed by atoms with Gasteiger partial charge in [-0.3, -0.25) is 4.68 Å². The van der Waals surface area contributed by atoms with Gasteiger partial charge in [0.1, 0.15) is 5.02 Å². The first kappa shape index (κ1) is 23.9. The second kappa shape index (κ2) is 10.1. The fourth-order valence-corrected chi connectivity index (χ4v) is 5.78. The summed E-state index contributed by atoms with van der Waals surface area (Å²) in [6.07, 6.45) is 9.74. The van der Waals surface area contributed by atoms with E-state index in [1.165, 1.54) is 6.20 Å². The fraction of sp³-hybridized carbons (Fsp3) is 0.417. The first-order valence-corrected chi connectivity index (χ1v) is 13.2. The highest BCUT2D eigenvalue weighted by Crippen LogP contribution is 2.34. The number of hydrogen-bond acceptors (Lipinski definition) is 7. The summed E-state index contributed by atoms with van der Waals surface area (Å²) in [6, 6.07) is 6.28. The predicted octanol–water partition coefficient (Wildman–Crippen LogP) is 5.51. The van der Waals surface area contributed by atoms with Gasteiger partial charge in [-0.05, 0) is 37.8 Å². The lowest BCUT2D eigenvalue weighted by molar-refractivity contribution is 0.0212. The number of hydrogen-bond donors (Lipinski definition) is 1. The summed E-state index contributed by atoms with van der Waals surface area (Å²) in [5, 5.41) is 13.6. The van der Waals surface area contributed by atoms with Crippen molar-refractivity contribution in [2.24, 2.45) is 0 Å². The maximum Gasteiger partial charge on any atom is 0.232 e. The molecule has 0 amide bonds. The van der Waals surface area contributed by atoms with Gasteiger partial charge in [0.2, 0.25) is 5.95 Å². The quantitative estimate of drug-likeness (QED) is 0.353. The van der Waals surface area contributed by atoms with Crippen LogP contribution in [0.3, 0.4) is 0 Å². The Balaban J connectivity index is 1.23. The summed E-state index contributed by atoms with van der Waals surface area (Å²) >= 11 is 19.2. The van der Waals surface area contributed by atoms with Gasteiger partial charge >= 0.3 is 0 Å². The monoisotopic (exact) mass is 546 g/mol. The van der Waals surface area contributed by atoms with E-state index < -0.39 is 0 Å². The highest BCUT2D eigenvalue weighted by molar-refractivity contribution is 6.39. The molecule has 1 N–H and O–H groups in total. The normalized spacial score (nSPS) is 18.2. The van der Waals surface area contributed by atoms with Crippen molar-refractivity contribution in [1.29, 1.82) is 0 Å². The average molecular weight is 548 g/mol. The maximum atomic E-state index is 6.43. The Hall–Kier alpha value is -2.43. The number of aromatic nitrogens is 6. The second-order valence-electron chi connectivity index (χ2n) is 9.14. The van der Waals surface area contributed by atoms with E-state index in [1.807, 2.05) is 10.9 Å². The SMILES string of the molecule is Clc1cccc(Cl)c1-c1nc(Nc2cnn(C3CCN(C4CCOCC4)CC3)c2)n2ncc(Cl)c2n1. The lowest BCUT2D eigenvalue weighted by Crippen LogP contribution is -2.44. The van der Waals surface area contributed by atoms with Crippen LogP contribution in [0.4, 0.5) is 11.6 Å². The number of likely N-dealkylation sites (tertiary alicyclic amines) is 1. The molecule has 0 unspecified atom stereocenters. The van der Waals surface area contributed by atoms with Gasteiger partial charge in [0.25, 0.3) is 0 Å². The topological polar surface area (TPSA) is 85.4 Å². The van der Waals surface area contributed by atoms with E-state index in [-0.39, 0.29) is 0 Å². The lowest BCUT2D eigenvalue weighted by atomic mass is 10.00. The van der Waals surface area contributed by atoms with Crippen LogP contribution in [0.25, 0.3) is 17.0 Å². The summed E-state index contributed by atoms with van der Waals surface area (Å²) in [6.45, 7) is 3.92. The minimum Gasteiger partial charge on any atom is -0.381 e. The number of nitrogens with one attached hydrogen (secondary N) is 1. The first-order chi connectivity index (χ1) is 17.6. The Labute approximate surface area is 223 Å². The molecule has 2 aliphatic heterocycles. The second-order valence-corrected chi connectivity index (χ2v) is 10.4. The summed E-state index contributed by atoms with van der Waals surface area (Å²) in [5.41, 5.74) is 1.79. The summed E-state index contributed by atoms with van der Waals surface area (Å²) in [4.78, 5) is 11.9. The summed E-state index contributed by atoms with van der Waals surface area (Å²) in [7, 11) is 0. The first-order valence-electron chi connectivity index (χ1n) is 12.1. The predicted molar refractivity (Wildman–Crippen MR) is 140 cm³/mol. The summed E-state index contributed by atoms with van der Waals surface area (Å²) in [5.74, 6) is 0.794. The number of ether oxygens (including phenoxy) is 1. The molecule has 0 radical (unpaired) electrons. The minimum atomic E-state index is 0.357. The van der Waals surface area contributed by atoms with Gasteiger partial charge in [-0.1, -0.05) is 40.9 Å².